The van der Waals surface area contributed by atoms with Gasteiger partial charge in [-0.3, -0.25) is 4.52 Å². The van der Waals surface area contributed by atoms with Crippen LogP contribution in [0.5, 0.6) is 0 Å². The van der Waals surface area contributed by atoms with E-state index in [9.17, 15) is 9.67 Å². The average Bonchev–Trinajstić information content (AvgIpc) is 2.25. The van der Waals surface area contributed by atoms with Gasteiger partial charge in [-0.05, 0) is 11.1 Å². The maximum Gasteiger partial charge on any atom is 0.327 e. The van der Waals surface area contributed by atoms with Gasteiger partial charge in [-0.25, -0.2) is 4.57 Å². The van der Waals surface area contributed by atoms with Crippen LogP contribution in [0.1, 0.15) is 17.2 Å². The maximum absolute atomic E-state index is 10.1. The maximum atomic E-state index is 10.1. The second kappa shape index (κ2) is 5.66. The zero-order chi connectivity index (χ0) is 10.4. The van der Waals surface area contributed by atoms with E-state index in [4.69, 9.17) is 4.52 Å². The Kier molecular flexibility index (Phi) is 4.47. The molecule has 0 radical (unpaired) electrons. The van der Waals surface area contributed by atoms with Gasteiger partial charge in [0.25, 0.3) is 0 Å². The van der Waals surface area contributed by atoms with Crippen LogP contribution in [-0.4, -0.2) is 5.11 Å². The summed E-state index contributed by atoms with van der Waals surface area (Å²) in [6.45, 7) is 3.72. The highest BCUT2D eigenvalue weighted by molar-refractivity contribution is 7.17. The normalized spacial score (nSPS) is 12.6. The topological polar surface area (TPSA) is 46.5 Å². The molecule has 0 amide bonds. The van der Waals surface area contributed by atoms with Gasteiger partial charge in [-0.15, -0.1) is 6.58 Å². The van der Waals surface area contributed by atoms with Crippen LogP contribution in [-0.2, 0) is 15.7 Å². The van der Waals surface area contributed by atoms with E-state index in [1.807, 2.05) is 18.2 Å². The van der Waals surface area contributed by atoms with Gasteiger partial charge in [0.2, 0.25) is 0 Å². The largest absolute Gasteiger partial charge is 0.384 e. The van der Waals surface area contributed by atoms with Gasteiger partial charge in [-0.2, -0.15) is 0 Å². The molecule has 1 atom stereocenters. The minimum Gasteiger partial charge on any atom is -0.384 e. The van der Waals surface area contributed by atoms with Gasteiger partial charge in [0.05, 0.1) is 12.7 Å². The number of aliphatic hydroxyl groups is 1. The van der Waals surface area contributed by atoms with Gasteiger partial charge in [-0.1, -0.05) is 30.3 Å². The highest BCUT2D eigenvalue weighted by atomic mass is 31.1. The highest BCUT2D eigenvalue weighted by Crippen LogP contribution is 2.20. The zero-order valence-corrected chi connectivity index (χ0v) is 8.48. The molecule has 1 aromatic rings. The summed E-state index contributed by atoms with van der Waals surface area (Å²) in [6, 6.07) is 7.25. The second-order valence-electron chi connectivity index (χ2n) is 2.73. The van der Waals surface area contributed by atoms with Crippen molar-refractivity contribution < 1.29 is 14.2 Å². The molecule has 0 aromatic heterocycles. The van der Waals surface area contributed by atoms with E-state index in [2.05, 4.69) is 6.58 Å². The molecule has 1 N–H and O–H groups in total. The van der Waals surface area contributed by atoms with E-state index < -0.39 is 6.10 Å². The Morgan fingerprint density at radius 3 is 2.93 bits per heavy atom. The number of rotatable bonds is 5. The van der Waals surface area contributed by atoms with Crippen molar-refractivity contribution in [3.05, 3.63) is 48.0 Å². The van der Waals surface area contributed by atoms with Crippen LogP contribution >= 0.6 is 8.69 Å². The summed E-state index contributed by atoms with van der Waals surface area (Å²) >= 11 is 0. The molecule has 0 bridgehead atoms. The van der Waals surface area contributed by atoms with Crippen LogP contribution in [0.3, 0.4) is 0 Å². The summed E-state index contributed by atoms with van der Waals surface area (Å²) in [5.41, 5.74) is 1.54. The van der Waals surface area contributed by atoms with Crippen molar-refractivity contribution >= 4 is 8.69 Å². The summed E-state index contributed by atoms with van der Waals surface area (Å²) in [7, 11) is -0.358. The standard InChI is InChI=1S/C10H11O3P/c1-2-10(11)9-6-4-3-5-8(9)7-13-14-12/h2-6,10-11H,1,7H2. The Morgan fingerprint density at radius 1 is 1.57 bits per heavy atom. The van der Waals surface area contributed by atoms with E-state index in [-0.39, 0.29) is 15.3 Å². The fourth-order valence-corrected chi connectivity index (χ4v) is 1.37. The lowest BCUT2D eigenvalue weighted by molar-refractivity contribution is 0.224. The lowest BCUT2D eigenvalue weighted by Crippen LogP contribution is -1.99. The molecule has 1 aromatic carbocycles. The highest BCUT2D eigenvalue weighted by Gasteiger charge is 2.07. The molecule has 0 fully saturated rings. The fourth-order valence-electron chi connectivity index (χ4n) is 1.18. The molecule has 0 saturated carbocycles. The monoisotopic (exact) mass is 210 g/mol. The molecule has 74 valence electrons. The van der Waals surface area contributed by atoms with E-state index >= 15 is 0 Å². The minimum atomic E-state index is -0.710. The lowest BCUT2D eigenvalue weighted by atomic mass is 10.0. The first-order valence-electron chi connectivity index (χ1n) is 4.12. The van der Waals surface area contributed by atoms with Crippen LogP contribution in [0.2, 0.25) is 0 Å². The van der Waals surface area contributed by atoms with Crippen LogP contribution in [0, 0.1) is 0 Å². The Morgan fingerprint density at radius 2 is 2.29 bits per heavy atom. The molecule has 0 heterocycles. The number of hydrogen-bond donors (Lipinski definition) is 1. The van der Waals surface area contributed by atoms with Crippen LogP contribution in [0.15, 0.2) is 36.9 Å². The molecular weight excluding hydrogens is 199 g/mol. The zero-order valence-electron chi connectivity index (χ0n) is 7.59. The Bertz CT molecular complexity index is 325. The summed E-state index contributed by atoms with van der Waals surface area (Å²) in [5.74, 6) is 0. The van der Waals surface area contributed by atoms with Crippen molar-refractivity contribution in [1.29, 1.82) is 0 Å². The molecule has 4 heteroatoms. The molecule has 14 heavy (non-hydrogen) atoms. The third-order valence-electron chi connectivity index (χ3n) is 1.87. The lowest BCUT2D eigenvalue weighted by Gasteiger charge is -2.10. The van der Waals surface area contributed by atoms with Crippen LogP contribution in [0.25, 0.3) is 0 Å². The van der Waals surface area contributed by atoms with Gasteiger partial charge < -0.3 is 5.11 Å². The van der Waals surface area contributed by atoms with Crippen LogP contribution in [0.4, 0.5) is 0 Å². The van der Waals surface area contributed by atoms with E-state index in [0.29, 0.717) is 0 Å². The van der Waals surface area contributed by atoms with Crippen molar-refractivity contribution in [3.8, 4) is 0 Å². The molecule has 3 nitrogen and oxygen atoms in total. The molecule has 0 aliphatic rings. The first kappa shape index (κ1) is 11.1. The Hall–Kier alpha value is -1.02. The SMILES string of the molecule is C=CC(O)c1ccccc1COP=O. The van der Waals surface area contributed by atoms with E-state index in [1.165, 1.54) is 6.08 Å². The average molecular weight is 210 g/mol. The molecule has 0 aliphatic carbocycles. The van der Waals surface area contributed by atoms with Gasteiger partial charge in [0.15, 0.2) is 0 Å². The number of hydrogen-bond acceptors (Lipinski definition) is 3. The predicted molar refractivity (Wildman–Crippen MR) is 54.0 cm³/mol. The second-order valence-corrected chi connectivity index (χ2v) is 3.13. The Balaban J connectivity index is 2.90. The fraction of sp³-hybridized carbons (Fsp3) is 0.200. The number of benzene rings is 1. The van der Waals surface area contributed by atoms with Crippen molar-refractivity contribution in [2.45, 2.75) is 12.7 Å². The van der Waals surface area contributed by atoms with Crippen molar-refractivity contribution in [2.75, 3.05) is 0 Å². The summed E-state index contributed by atoms with van der Waals surface area (Å²) in [5, 5.41) is 9.56. The van der Waals surface area contributed by atoms with Gasteiger partial charge >= 0.3 is 8.69 Å². The smallest absolute Gasteiger partial charge is 0.327 e. The van der Waals surface area contributed by atoms with Gasteiger partial charge in [0.1, 0.15) is 0 Å². The molecular formula is C10H11O3P. The molecule has 0 spiro atoms. The van der Waals surface area contributed by atoms with E-state index in [0.717, 1.165) is 11.1 Å². The third kappa shape index (κ3) is 2.74. The molecule has 1 rings (SSSR count). The molecule has 0 aliphatic heterocycles. The summed E-state index contributed by atoms with van der Waals surface area (Å²) in [6.07, 6.45) is 0.728. The van der Waals surface area contributed by atoms with Crippen LogP contribution < -0.4 is 0 Å². The summed E-state index contributed by atoms with van der Waals surface area (Å²) in [4.78, 5) is 0. The van der Waals surface area contributed by atoms with Crippen molar-refractivity contribution in [1.82, 2.24) is 0 Å². The first-order valence-corrected chi connectivity index (χ1v) is 4.85. The molecule has 0 saturated heterocycles. The number of aliphatic hydroxyl groups excluding tert-OH is 1. The predicted octanol–water partition coefficient (Wildman–Crippen LogP) is 2.63. The quantitative estimate of drug-likeness (QED) is 0.600. The van der Waals surface area contributed by atoms with Gasteiger partial charge in [0, 0.05) is 0 Å². The van der Waals surface area contributed by atoms with Crippen molar-refractivity contribution in [3.63, 3.8) is 0 Å². The molecule has 1 unspecified atom stereocenters. The van der Waals surface area contributed by atoms with Crippen molar-refractivity contribution in [2.24, 2.45) is 0 Å². The minimum absolute atomic E-state index is 0.214. The first-order chi connectivity index (χ1) is 6.79. The van der Waals surface area contributed by atoms with E-state index in [1.54, 1.807) is 6.07 Å². The summed E-state index contributed by atoms with van der Waals surface area (Å²) < 4.78 is 14.8. The third-order valence-corrected chi connectivity index (χ3v) is 2.10. The Labute approximate surface area is 84.3 Å².